The first-order valence-electron chi connectivity index (χ1n) is 5.22. The molecule has 0 aliphatic carbocycles. The maximum absolute atomic E-state index is 11.1. The largest absolute Gasteiger partial charge is 0.479 e. The molecule has 1 aromatic rings. The summed E-state index contributed by atoms with van der Waals surface area (Å²) in [5.74, 6) is -1.43. The summed E-state index contributed by atoms with van der Waals surface area (Å²) in [5, 5.41) is 28.9. The fraction of sp³-hybridized carbons (Fsp3) is 0.417. The summed E-state index contributed by atoms with van der Waals surface area (Å²) in [6.45, 7) is 1.82. The van der Waals surface area contributed by atoms with Crippen LogP contribution in [0.15, 0.2) is 30.3 Å². The van der Waals surface area contributed by atoms with Gasteiger partial charge in [0, 0.05) is 0 Å². The fourth-order valence-corrected chi connectivity index (χ4v) is 1.63. The highest BCUT2D eigenvalue weighted by atomic mass is 16.4. The zero-order valence-electron chi connectivity index (χ0n) is 9.13. The molecule has 88 valence electrons. The van der Waals surface area contributed by atoms with Gasteiger partial charge in [-0.3, -0.25) is 0 Å². The molecule has 0 saturated carbocycles. The van der Waals surface area contributed by atoms with Gasteiger partial charge in [0.05, 0.1) is 6.10 Å². The van der Waals surface area contributed by atoms with Crippen molar-refractivity contribution in [3.63, 3.8) is 0 Å². The van der Waals surface area contributed by atoms with E-state index >= 15 is 0 Å². The lowest BCUT2D eigenvalue weighted by Crippen LogP contribution is -2.46. The van der Waals surface area contributed by atoms with E-state index in [4.69, 9.17) is 5.11 Å². The van der Waals surface area contributed by atoms with Crippen LogP contribution in [0, 0.1) is 0 Å². The summed E-state index contributed by atoms with van der Waals surface area (Å²) in [6.07, 6.45) is -0.473. The van der Waals surface area contributed by atoms with E-state index in [1.54, 1.807) is 18.2 Å². The number of rotatable bonds is 5. The molecule has 0 aliphatic rings. The van der Waals surface area contributed by atoms with Crippen LogP contribution >= 0.6 is 0 Å². The maximum atomic E-state index is 11.1. The van der Waals surface area contributed by atoms with Gasteiger partial charge in [-0.2, -0.15) is 0 Å². The number of carboxylic acids is 1. The Morgan fingerprint density at radius 2 is 1.94 bits per heavy atom. The predicted octanol–water partition coefficient (Wildman–Crippen LogP) is 1.12. The molecule has 0 aliphatic heterocycles. The Hall–Kier alpha value is -1.39. The van der Waals surface area contributed by atoms with Crippen molar-refractivity contribution in [2.24, 2.45) is 0 Å². The van der Waals surface area contributed by atoms with Crippen molar-refractivity contribution in [3.05, 3.63) is 35.9 Å². The second-order valence-corrected chi connectivity index (χ2v) is 3.74. The van der Waals surface area contributed by atoms with Gasteiger partial charge in [-0.15, -0.1) is 0 Å². The van der Waals surface area contributed by atoms with Crippen LogP contribution < -0.4 is 0 Å². The Balaban J connectivity index is 3.12. The minimum atomic E-state index is -2.22. The lowest BCUT2D eigenvalue weighted by atomic mass is 9.86. The number of benzene rings is 1. The van der Waals surface area contributed by atoms with Crippen LogP contribution in [0.5, 0.6) is 0 Å². The van der Waals surface area contributed by atoms with Gasteiger partial charge in [0.1, 0.15) is 0 Å². The van der Waals surface area contributed by atoms with E-state index in [1.807, 2.05) is 6.92 Å². The predicted molar refractivity (Wildman–Crippen MR) is 58.9 cm³/mol. The molecular weight excluding hydrogens is 208 g/mol. The average molecular weight is 224 g/mol. The maximum Gasteiger partial charge on any atom is 0.343 e. The molecule has 0 heterocycles. The quantitative estimate of drug-likeness (QED) is 0.700. The molecular formula is C12H16O4. The number of aliphatic hydroxyl groups excluding tert-OH is 1. The smallest absolute Gasteiger partial charge is 0.343 e. The molecule has 0 saturated heterocycles. The van der Waals surface area contributed by atoms with Crippen LogP contribution in [0.2, 0.25) is 0 Å². The number of aliphatic hydroxyl groups is 2. The lowest BCUT2D eigenvalue weighted by Gasteiger charge is -2.29. The SMILES string of the molecule is CCC[C@H](O)[C@@](O)(C(=O)O)c1ccccc1. The third kappa shape index (κ3) is 2.23. The van der Waals surface area contributed by atoms with Gasteiger partial charge in [0.2, 0.25) is 5.60 Å². The van der Waals surface area contributed by atoms with Gasteiger partial charge in [-0.1, -0.05) is 43.7 Å². The molecule has 3 N–H and O–H groups in total. The van der Waals surface area contributed by atoms with E-state index in [2.05, 4.69) is 0 Å². The van der Waals surface area contributed by atoms with Crippen molar-refractivity contribution in [1.82, 2.24) is 0 Å². The first-order valence-corrected chi connectivity index (χ1v) is 5.22. The molecule has 4 heteroatoms. The number of carbonyl (C=O) groups is 1. The van der Waals surface area contributed by atoms with Gasteiger partial charge in [-0.05, 0) is 12.0 Å². The number of hydrogen-bond acceptors (Lipinski definition) is 3. The second kappa shape index (κ2) is 5.09. The number of aliphatic carboxylic acids is 1. The van der Waals surface area contributed by atoms with E-state index < -0.39 is 17.7 Å². The first kappa shape index (κ1) is 12.7. The van der Waals surface area contributed by atoms with Crippen molar-refractivity contribution in [2.75, 3.05) is 0 Å². The molecule has 0 spiro atoms. The summed E-state index contributed by atoms with van der Waals surface area (Å²) in [7, 11) is 0. The van der Waals surface area contributed by atoms with Crippen molar-refractivity contribution in [2.45, 2.75) is 31.5 Å². The second-order valence-electron chi connectivity index (χ2n) is 3.74. The Morgan fingerprint density at radius 1 is 1.38 bits per heavy atom. The van der Waals surface area contributed by atoms with Crippen LogP contribution in [0.4, 0.5) is 0 Å². The molecule has 0 amide bonds. The molecule has 16 heavy (non-hydrogen) atoms. The van der Waals surface area contributed by atoms with Crippen LogP contribution in [-0.2, 0) is 10.4 Å². The van der Waals surface area contributed by atoms with E-state index in [9.17, 15) is 15.0 Å². The standard InChI is InChI=1S/C12H16O4/c1-2-6-10(13)12(16,11(14)15)9-7-4-3-5-8-9/h3-5,7-8,10,13,16H,2,6H2,1H3,(H,14,15)/t10-,12+/m0/s1. The normalized spacial score (nSPS) is 16.4. The van der Waals surface area contributed by atoms with E-state index in [0.29, 0.717) is 6.42 Å². The first-order chi connectivity index (χ1) is 7.53. The lowest BCUT2D eigenvalue weighted by molar-refractivity contribution is -0.174. The third-order valence-corrected chi connectivity index (χ3v) is 2.58. The molecule has 4 nitrogen and oxygen atoms in total. The highest BCUT2D eigenvalue weighted by molar-refractivity contribution is 5.80. The molecule has 1 rings (SSSR count). The summed E-state index contributed by atoms with van der Waals surface area (Å²) in [4.78, 5) is 11.1. The number of hydrogen-bond donors (Lipinski definition) is 3. The van der Waals surface area contributed by atoms with Crippen molar-refractivity contribution in [1.29, 1.82) is 0 Å². The van der Waals surface area contributed by atoms with Gasteiger partial charge >= 0.3 is 5.97 Å². The summed E-state index contributed by atoms with van der Waals surface area (Å²) >= 11 is 0. The average Bonchev–Trinajstić information content (AvgIpc) is 2.29. The van der Waals surface area contributed by atoms with Crippen molar-refractivity contribution >= 4 is 5.97 Å². The Morgan fingerprint density at radius 3 is 2.38 bits per heavy atom. The van der Waals surface area contributed by atoms with Crippen molar-refractivity contribution < 1.29 is 20.1 Å². The monoisotopic (exact) mass is 224 g/mol. The van der Waals surface area contributed by atoms with Gasteiger partial charge in [0.25, 0.3) is 0 Å². The van der Waals surface area contributed by atoms with Gasteiger partial charge in [0.15, 0.2) is 0 Å². The topological polar surface area (TPSA) is 77.8 Å². The minimum Gasteiger partial charge on any atom is -0.479 e. The zero-order chi connectivity index (χ0) is 12.2. The van der Waals surface area contributed by atoms with E-state index in [1.165, 1.54) is 12.1 Å². The van der Waals surface area contributed by atoms with Gasteiger partial charge < -0.3 is 15.3 Å². The van der Waals surface area contributed by atoms with Crippen LogP contribution in [-0.4, -0.2) is 27.4 Å². The summed E-state index contributed by atoms with van der Waals surface area (Å²) < 4.78 is 0. The van der Waals surface area contributed by atoms with Crippen LogP contribution in [0.1, 0.15) is 25.3 Å². The van der Waals surface area contributed by atoms with E-state index in [0.717, 1.165) is 0 Å². The fourth-order valence-electron chi connectivity index (χ4n) is 1.63. The highest BCUT2D eigenvalue weighted by Crippen LogP contribution is 2.27. The molecule has 0 radical (unpaired) electrons. The van der Waals surface area contributed by atoms with E-state index in [-0.39, 0.29) is 12.0 Å². The Bertz CT molecular complexity index is 349. The summed E-state index contributed by atoms with van der Waals surface area (Å²) in [6, 6.07) is 7.96. The zero-order valence-corrected chi connectivity index (χ0v) is 9.13. The molecule has 1 aromatic carbocycles. The molecule has 0 unspecified atom stereocenters. The van der Waals surface area contributed by atoms with Crippen molar-refractivity contribution in [3.8, 4) is 0 Å². The summed E-state index contributed by atoms with van der Waals surface area (Å²) in [5.41, 5.74) is -2.03. The minimum absolute atomic E-state index is 0.198. The molecule has 0 fully saturated rings. The van der Waals surface area contributed by atoms with Crippen LogP contribution in [0.3, 0.4) is 0 Å². The third-order valence-electron chi connectivity index (χ3n) is 2.58. The Labute approximate surface area is 94.2 Å². The highest BCUT2D eigenvalue weighted by Gasteiger charge is 2.44. The molecule has 2 atom stereocenters. The Kier molecular flexibility index (Phi) is 4.04. The molecule has 0 bridgehead atoms. The number of carboxylic acid groups (broad SMARTS) is 1. The van der Waals surface area contributed by atoms with Gasteiger partial charge in [-0.25, -0.2) is 4.79 Å². The molecule has 0 aromatic heterocycles. The van der Waals surface area contributed by atoms with Crippen LogP contribution in [0.25, 0.3) is 0 Å².